The summed E-state index contributed by atoms with van der Waals surface area (Å²) < 4.78 is 7.12. The predicted molar refractivity (Wildman–Crippen MR) is 124 cm³/mol. The molecule has 6 nitrogen and oxygen atoms in total. The van der Waals surface area contributed by atoms with Crippen LogP contribution in [0.15, 0.2) is 71.1 Å². The van der Waals surface area contributed by atoms with Gasteiger partial charge in [-0.25, -0.2) is 15.0 Å². The Morgan fingerprint density at radius 2 is 1.77 bits per heavy atom. The summed E-state index contributed by atoms with van der Waals surface area (Å²) in [7, 11) is 0. The van der Waals surface area contributed by atoms with Gasteiger partial charge in [0.15, 0.2) is 11.4 Å². The molecule has 7 heteroatoms. The number of nitrogens with zero attached hydrogens (tertiary/aromatic N) is 3. The van der Waals surface area contributed by atoms with Crippen LogP contribution in [0.3, 0.4) is 0 Å². The van der Waals surface area contributed by atoms with Crippen LogP contribution in [0.2, 0.25) is 0 Å². The molecule has 0 radical (unpaired) electrons. The zero-order chi connectivity index (χ0) is 20.9. The van der Waals surface area contributed by atoms with Crippen molar-refractivity contribution in [2.45, 2.75) is 6.92 Å². The molecule has 6 rings (SSSR count). The fourth-order valence-corrected chi connectivity index (χ4v) is 4.69. The third-order valence-corrected chi connectivity index (χ3v) is 6.18. The zero-order valence-corrected chi connectivity index (χ0v) is 17.3. The molecule has 3 heterocycles. The van der Waals surface area contributed by atoms with Gasteiger partial charge in [0.1, 0.15) is 27.7 Å². The van der Waals surface area contributed by atoms with Crippen LogP contribution < -0.4 is 5.32 Å². The van der Waals surface area contributed by atoms with E-state index in [4.69, 9.17) is 4.42 Å². The zero-order valence-electron chi connectivity index (χ0n) is 16.5. The van der Waals surface area contributed by atoms with E-state index < -0.39 is 0 Å². The lowest BCUT2D eigenvalue weighted by molar-refractivity contribution is 0.477. The number of para-hydroxylation sites is 2. The second kappa shape index (κ2) is 6.78. The number of fused-ring (bicyclic) bond motifs is 4. The van der Waals surface area contributed by atoms with Gasteiger partial charge in [0.25, 0.3) is 0 Å². The number of thiazole rings is 1. The van der Waals surface area contributed by atoms with Gasteiger partial charge >= 0.3 is 0 Å². The number of anilines is 2. The maximum absolute atomic E-state index is 10.5. The summed E-state index contributed by atoms with van der Waals surface area (Å²) in [5.74, 6) is 1.41. The molecule has 0 spiro atoms. The van der Waals surface area contributed by atoms with Gasteiger partial charge in [-0.15, -0.1) is 11.3 Å². The lowest BCUT2D eigenvalue weighted by Gasteiger charge is -2.09. The normalized spacial score (nSPS) is 11.5. The van der Waals surface area contributed by atoms with Crippen LogP contribution in [-0.2, 0) is 0 Å². The van der Waals surface area contributed by atoms with E-state index >= 15 is 0 Å². The Kier molecular flexibility index (Phi) is 3.91. The molecule has 0 aliphatic rings. The van der Waals surface area contributed by atoms with E-state index in [9.17, 15) is 5.11 Å². The maximum Gasteiger partial charge on any atom is 0.196 e. The SMILES string of the molecule is Cc1nc(Nc2ccc(O)c(-c3nc4ccccc4s3)c2)c2oc3ccccc3c2n1. The van der Waals surface area contributed by atoms with Crippen LogP contribution in [0.5, 0.6) is 5.75 Å². The Balaban J connectivity index is 1.46. The molecule has 2 N–H and O–H groups in total. The van der Waals surface area contributed by atoms with Crippen molar-refractivity contribution in [1.82, 2.24) is 15.0 Å². The monoisotopic (exact) mass is 424 g/mol. The minimum atomic E-state index is 0.178. The van der Waals surface area contributed by atoms with E-state index in [1.165, 1.54) is 0 Å². The highest BCUT2D eigenvalue weighted by Crippen LogP contribution is 2.38. The molecule has 0 saturated heterocycles. The maximum atomic E-state index is 10.5. The minimum Gasteiger partial charge on any atom is -0.507 e. The molecular weight excluding hydrogens is 408 g/mol. The number of furan rings is 1. The number of phenolic OH excluding ortho intramolecular Hbond substituents is 1. The molecule has 0 fully saturated rings. The van der Waals surface area contributed by atoms with Crippen molar-refractivity contribution < 1.29 is 9.52 Å². The fraction of sp³-hybridized carbons (Fsp3) is 0.0417. The fourth-order valence-electron chi connectivity index (χ4n) is 3.70. The van der Waals surface area contributed by atoms with Crippen molar-refractivity contribution in [3.63, 3.8) is 0 Å². The van der Waals surface area contributed by atoms with Crippen molar-refractivity contribution in [3.05, 3.63) is 72.6 Å². The van der Waals surface area contributed by atoms with Gasteiger partial charge < -0.3 is 14.8 Å². The molecule has 6 aromatic rings. The lowest BCUT2D eigenvalue weighted by atomic mass is 10.2. The molecule has 150 valence electrons. The van der Waals surface area contributed by atoms with Crippen molar-refractivity contribution in [2.24, 2.45) is 0 Å². The summed E-state index contributed by atoms with van der Waals surface area (Å²) in [6.07, 6.45) is 0. The van der Waals surface area contributed by atoms with E-state index in [-0.39, 0.29) is 5.75 Å². The van der Waals surface area contributed by atoms with Gasteiger partial charge in [-0.3, -0.25) is 0 Å². The molecule has 0 unspecified atom stereocenters. The summed E-state index contributed by atoms with van der Waals surface area (Å²) in [4.78, 5) is 13.8. The third-order valence-electron chi connectivity index (χ3n) is 5.12. The number of hydrogen-bond donors (Lipinski definition) is 2. The van der Waals surface area contributed by atoms with Gasteiger partial charge in [0, 0.05) is 11.1 Å². The van der Waals surface area contributed by atoms with Crippen LogP contribution in [0.1, 0.15) is 5.82 Å². The molecule has 0 aliphatic carbocycles. The number of benzene rings is 3. The summed E-state index contributed by atoms with van der Waals surface area (Å²) >= 11 is 1.54. The Bertz CT molecular complexity index is 1570. The molecule has 0 bridgehead atoms. The predicted octanol–water partition coefficient (Wildman–Crippen LogP) is 6.41. The molecule has 31 heavy (non-hydrogen) atoms. The van der Waals surface area contributed by atoms with Crippen molar-refractivity contribution in [2.75, 3.05) is 5.32 Å². The number of aromatic nitrogens is 3. The summed E-state index contributed by atoms with van der Waals surface area (Å²) in [5.41, 5.74) is 4.49. The van der Waals surface area contributed by atoms with Crippen molar-refractivity contribution in [1.29, 1.82) is 0 Å². The van der Waals surface area contributed by atoms with E-state index in [0.29, 0.717) is 22.8 Å². The Morgan fingerprint density at radius 3 is 2.68 bits per heavy atom. The highest BCUT2D eigenvalue weighted by Gasteiger charge is 2.16. The number of hydrogen-bond acceptors (Lipinski definition) is 7. The largest absolute Gasteiger partial charge is 0.507 e. The Labute approximate surface area is 180 Å². The molecule has 3 aromatic carbocycles. The molecule has 0 aliphatic heterocycles. The molecule has 3 aromatic heterocycles. The van der Waals surface area contributed by atoms with Crippen LogP contribution >= 0.6 is 11.3 Å². The number of phenols is 1. The number of rotatable bonds is 3. The summed E-state index contributed by atoms with van der Waals surface area (Å²) in [6.45, 7) is 1.86. The number of nitrogens with one attached hydrogen (secondary N) is 1. The van der Waals surface area contributed by atoms with Crippen LogP contribution in [0.25, 0.3) is 42.9 Å². The van der Waals surface area contributed by atoms with Crippen LogP contribution in [0.4, 0.5) is 11.5 Å². The Morgan fingerprint density at radius 1 is 0.935 bits per heavy atom. The first-order chi connectivity index (χ1) is 15.2. The molecule has 0 atom stereocenters. The quantitative estimate of drug-likeness (QED) is 0.319. The first kappa shape index (κ1) is 17.9. The van der Waals surface area contributed by atoms with Crippen molar-refractivity contribution >= 4 is 55.1 Å². The van der Waals surface area contributed by atoms with Crippen LogP contribution in [-0.4, -0.2) is 20.1 Å². The van der Waals surface area contributed by atoms with Gasteiger partial charge in [-0.2, -0.15) is 0 Å². The molecular formula is C24H16N4O2S. The second-order valence-corrected chi connectivity index (χ2v) is 8.27. The Hall–Kier alpha value is -3.97. The van der Waals surface area contributed by atoms with E-state index in [1.807, 2.05) is 61.5 Å². The summed E-state index contributed by atoms with van der Waals surface area (Å²) in [6, 6.07) is 21.1. The third kappa shape index (κ3) is 2.98. The first-order valence-electron chi connectivity index (χ1n) is 9.77. The first-order valence-corrected chi connectivity index (χ1v) is 10.6. The molecule has 0 saturated carbocycles. The highest BCUT2D eigenvalue weighted by molar-refractivity contribution is 7.21. The van der Waals surface area contributed by atoms with Crippen molar-refractivity contribution in [3.8, 4) is 16.3 Å². The number of aromatic hydroxyl groups is 1. The van der Waals surface area contributed by atoms with Gasteiger partial charge in [-0.1, -0.05) is 24.3 Å². The van der Waals surface area contributed by atoms with E-state index in [2.05, 4.69) is 20.3 Å². The lowest BCUT2D eigenvalue weighted by Crippen LogP contribution is -1.98. The standard InChI is InChI=1S/C24H16N4O2S/c1-13-25-21-15-6-2-4-8-19(15)30-22(21)23(26-13)27-14-10-11-18(29)16(12-14)24-28-17-7-3-5-9-20(17)31-24/h2-12,29H,1H3,(H,25,26,27). The summed E-state index contributed by atoms with van der Waals surface area (Å²) in [5, 5.41) is 15.5. The number of aryl methyl sites for hydroxylation is 1. The minimum absolute atomic E-state index is 0.178. The molecule has 0 amide bonds. The van der Waals surface area contributed by atoms with Crippen LogP contribution in [0, 0.1) is 6.92 Å². The van der Waals surface area contributed by atoms with Gasteiger partial charge in [0.2, 0.25) is 0 Å². The highest BCUT2D eigenvalue weighted by atomic mass is 32.1. The smallest absolute Gasteiger partial charge is 0.196 e. The van der Waals surface area contributed by atoms with Gasteiger partial charge in [-0.05, 0) is 49.4 Å². The van der Waals surface area contributed by atoms with Gasteiger partial charge in [0.05, 0.1) is 15.8 Å². The topological polar surface area (TPSA) is 84.1 Å². The van der Waals surface area contributed by atoms with E-state index in [0.717, 1.165) is 37.4 Å². The second-order valence-electron chi connectivity index (χ2n) is 7.24. The van der Waals surface area contributed by atoms with E-state index in [1.54, 1.807) is 23.5 Å². The average Bonchev–Trinajstić information content (AvgIpc) is 3.37. The average molecular weight is 424 g/mol.